The fourth-order valence-electron chi connectivity index (χ4n) is 2.91. The highest BCUT2D eigenvalue weighted by Crippen LogP contribution is 2.22. The van der Waals surface area contributed by atoms with Crippen molar-refractivity contribution in [2.45, 2.75) is 52.3 Å². The summed E-state index contributed by atoms with van der Waals surface area (Å²) in [6, 6.07) is 6.92. The van der Waals surface area contributed by atoms with Crippen LogP contribution >= 0.6 is 0 Å². The van der Waals surface area contributed by atoms with Crippen molar-refractivity contribution < 1.29 is 19.1 Å². The highest BCUT2D eigenvalue weighted by atomic mass is 16.6. The summed E-state index contributed by atoms with van der Waals surface area (Å²) in [5.41, 5.74) is 0.0530. The molecular formula is C19H28N2O4. The molecule has 0 aromatic heterocycles. The van der Waals surface area contributed by atoms with Crippen LogP contribution in [0.25, 0.3) is 0 Å². The van der Waals surface area contributed by atoms with Crippen LogP contribution in [-0.4, -0.2) is 59.7 Å². The lowest BCUT2D eigenvalue weighted by atomic mass is 10.1. The lowest BCUT2D eigenvalue weighted by molar-refractivity contribution is -0.00788. The number of hydrogen-bond donors (Lipinski definition) is 0. The van der Waals surface area contributed by atoms with Gasteiger partial charge < -0.3 is 19.3 Å². The molecule has 6 nitrogen and oxygen atoms in total. The first-order chi connectivity index (χ1) is 11.6. The minimum Gasteiger partial charge on any atom is -0.497 e. The fraction of sp³-hybridized carbons (Fsp3) is 0.579. The van der Waals surface area contributed by atoms with Crippen LogP contribution in [0.4, 0.5) is 4.79 Å². The molecule has 1 aliphatic rings. The Kier molecular flexibility index (Phi) is 5.60. The average molecular weight is 348 g/mol. The fourth-order valence-corrected chi connectivity index (χ4v) is 2.91. The van der Waals surface area contributed by atoms with Crippen molar-refractivity contribution in [2.24, 2.45) is 0 Å². The number of carbonyl (C=O) groups is 2. The molecule has 1 heterocycles. The third kappa shape index (κ3) is 4.65. The van der Waals surface area contributed by atoms with Gasteiger partial charge in [0.15, 0.2) is 0 Å². The summed E-state index contributed by atoms with van der Waals surface area (Å²) in [6.07, 6.45) is -0.333. The zero-order valence-corrected chi connectivity index (χ0v) is 15.9. The Balaban J connectivity index is 2.11. The van der Waals surface area contributed by atoms with Gasteiger partial charge in [-0.2, -0.15) is 0 Å². The smallest absolute Gasteiger partial charge is 0.410 e. The van der Waals surface area contributed by atoms with E-state index >= 15 is 0 Å². The molecular weight excluding hydrogens is 320 g/mol. The van der Waals surface area contributed by atoms with Gasteiger partial charge in [-0.25, -0.2) is 4.79 Å². The number of hydrogen-bond acceptors (Lipinski definition) is 4. The van der Waals surface area contributed by atoms with Crippen molar-refractivity contribution in [3.63, 3.8) is 0 Å². The van der Waals surface area contributed by atoms with Crippen LogP contribution in [0, 0.1) is 0 Å². The number of nitrogens with zero attached hydrogens (tertiary/aromatic N) is 2. The van der Waals surface area contributed by atoms with Gasteiger partial charge in [0.1, 0.15) is 11.4 Å². The average Bonchev–Trinajstić information content (AvgIpc) is 2.54. The van der Waals surface area contributed by atoms with Crippen LogP contribution in [0.1, 0.15) is 45.0 Å². The molecule has 0 aliphatic carbocycles. The highest BCUT2D eigenvalue weighted by Gasteiger charge is 2.36. The van der Waals surface area contributed by atoms with E-state index in [9.17, 15) is 9.59 Å². The zero-order chi connectivity index (χ0) is 18.8. The molecule has 6 heteroatoms. The van der Waals surface area contributed by atoms with Crippen molar-refractivity contribution in [1.82, 2.24) is 9.80 Å². The van der Waals surface area contributed by atoms with Gasteiger partial charge >= 0.3 is 6.09 Å². The van der Waals surface area contributed by atoms with Crippen molar-refractivity contribution >= 4 is 12.0 Å². The maximum atomic E-state index is 12.9. The molecule has 0 saturated carbocycles. The Hall–Kier alpha value is -2.24. The largest absolute Gasteiger partial charge is 0.497 e. The molecule has 0 N–H and O–H groups in total. The third-order valence-corrected chi connectivity index (χ3v) is 4.19. The van der Waals surface area contributed by atoms with Crippen LogP contribution in [0.5, 0.6) is 5.75 Å². The van der Waals surface area contributed by atoms with E-state index in [0.29, 0.717) is 24.4 Å². The molecule has 138 valence electrons. The summed E-state index contributed by atoms with van der Waals surface area (Å²) >= 11 is 0. The number of piperazine rings is 1. The molecule has 1 saturated heterocycles. The molecule has 1 fully saturated rings. The normalized spacial score (nSPS) is 21.0. The third-order valence-electron chi connectivity index (χ3n) is 4.19. The highest BCUT2D eigenvalue weighted by molar-refractivity contribution is 5.95. The van der Waals surface area contributed by atoms with Gasteiger partial charge in [-0.1, -0.05) is 6.07 Å². The number of amides is 2. The van der Waals surface area contributed by atoms with Gasteiger partial charge in [0, 0.05) is 30.7 Å². The first-order valence-electron chi connectivity index (χ1n) is 8.57. The van der Waals surface area contributed by atoms with Crippen molar-refractivity contribution in [3.05, 3.63) is 29.8 Å². The monoisotopic (exact) mass is 348 g/mol. The van der Waals surface area contributed by atoms with E-state index in [0.717, 1.165) is 0 Å². The lowest BCUT2D eigenvalue weighted by Crippen LogP contribution is -2.60. The number of methoxy groups -OCH3 is 1. The summed E-state index contributed by atoms with van der Waals surface area (Å²) in [5, 5.41) is 0. The Bertz CT molecular complexity index is 639. The number of rotatable bonds is 2. The second-order valence-electron chi connectivity index (χ2n) is 7.52. The molecule has 2 atom stereocenters. The minimum absolute atomic E-state index is 0.0536. The van der Waals surface area contributed by atoms with E-state index in [-0.39, 0.29) is 24.1 Å². The molecule has 0 unspecified atom stereocenters. The molecule has 0 spiro atoms. The molecule has 25 heavy (non-hydrogen) atoms. The molecule has 0 bridgehead atoms. The molecule has 0 radical (unpaired) electrons. The summed E-state index contributed by atoms with van der Waals surface area (Å²) in [4.78, 5) is 28.8. The Labute approximate surface area is 149 Å². The van der Waals surface area contributed by atoms with E-state index < -0.39 is 5.60 Å². The molecule has 1 aromatic rings. The van der Waals surface area contributed by atoms with Crippen molar-refractivity contribution in [2.75, 3.05) is 20.2 Å². The standard InChI is InChI=1S/C19H28N2O4/c1-13-12-21(18(23)25-19(3,4)5)14(2)11-20(13)17(22)15-8-7-9-16(10-15)24-6/h7-10,13-14H,11-12H2,1-6H3/t13-,14-/m1/s1. The van der Waals surface area contributed by atoms with Crippen molar-refractivity contribution in [3.8, 4) is 5.75 Å². The van der Waals surface area contributed by atoms with Gasteiger partial charge in [0.05, 0.1) is 7.11 Å². The number of ether oxygens (including phenoxy) is 2. The maximum absolute atomic E-state index is 12.9. The Morgan fingerprint density at radius 1 is 1.08 bits per heavy atom. The van der Waals surface area contributed by atoms with Gasteiger partial charge in [-0.3, -0.25) is 4.79 Å². The Morgan fingerprint density at radius 3 is 2.28 bits per heavy atom. The van der Waals surface area contributed by atoms with E-state index in [1.165, 1.54) is 0 Å². The van der Waals surface area contributed by atoms with Crippen LogP contribution in [0.3, 0.4) is 0 Å². The SMILES string of the molecule is COc1cccc(C(=O)N2C[C@@H](C)N(C(=O)OC(C)(C)C)C[C@H]2C)c1. The van der Waals surface area contributed by atoms with Gasteiger partial charge in [0.25, 0.3) is 5.91 Å². The van der Waals surface area contributed by atoms with E-state index in [1.54, 1.807) is 35.1 Å². The van der Waals surface area contributed by atoms with Crippen LogP contribution < -0.4 is 4.74 Å². The van der Waals surface area contributed by atoms with Crippen LogP contribution in [0.2, 0.25) is 0 Å². The summed E-state index contributed by atoms with van der Waals surface area (Å²) < 4.78 is 10.7. The molecule has 1 aliphatic heterocycles. The molecule has 1 aromatic carbocycles. The lowest BCUT2D eigenvalue weighted by Gasteiger charge is -2.44. The van der Waals surface area contributed by atoms with Gasteiger partial charge in [-0.05, 0) is 52.8 Å². The first-order valence-corrected chi connectivity index (χ1v) is 8.57. The minimum atomic E-state index is -0.534. The second kappa shape index (κ2) is 7.33. The summed E-state index contributed by atoms with van der Waals surface area (Å²) in [6.45, 7) is 10.3. The van der Waals surface area contributed by atoms with E-state index in [2.05, 4.69) is 0 Å². The number of benzene rings is 1. The van der Waals surface area contributed by atoms with Crippen molar-refractivity contribution in [1.29, 1.82) is 0 Å². The zero-order valence-electron chi connectivity index (χ0n) is 15.9. The molecule has 2 amide bonds. The quantitative estimate of drug-likeness (QED) is 0.824. The second-order valence-corrected chi connectivity index (χ2v) is 7.52. The maximum Gasteiger partial charge on any atom is 0.410 e. The van der Waals surface area contributed by atoms with E-state index in [4.69, 9.17) is 9.47 Å². The van der Waals surface area contributed by atoms with Crippen LogP contribution in [-0.2, 0) is 4.74 Å². The van der Waals surface area contributed by atoms with Gasteiger partial charge in [0.2, 0.25) is 0 Å². The topological polar surface area (TPSA) is 59.1 Å². The summed E-state index contributed by atoms with van der Waals surface area (Å²) in [7, 11) is 1.58. The molecule has 2 rings (SSSR count). The first kappa shape index (κ1) is 19.1. The van der Waals surface area contributed by atoms with E-state index in [1.807, 2.05) is 40.7 Å². The Morgan fingerprint density at radius 2 is 1.68 bits per heavy atom. The number of carbonyl (C=O) groups excluding carboxylic acids is 2. The van der Waals surface area contributed by atoms with Crippen LogP contribution in [0.15, 0.2) is 24.3 Å². The predicted molar refractivity (Wildman–Crippen MR) is 95.9 cm³/mol. The predicted octanol–water partition coefficient (Wildman–Crippen LogP) is 3.17. The summed E-state index contributed by atoms with van der Waals surface area (Å²) in [5.74, 6) is 0.598. The van der Waals surface area contributed by atoms with Gasteiger partial charge in [-0.15, -0.1) is 0 Å².